The third-order valence-corrected chi connectivity index (χ3v) is 3.70. The number of nitrogens with zero attached hydrogens (tertiary/aromatic N) is 3. The number of thioether (sulfide) groups is 1. The number of ether oxygens (including phenoxy) is 1. The van der Waals surface area contributed by atoms with E-state index in [1.165, 1.54) is 11.8 Å². The molecule has 19 heavy (non-hydrogen) atoms. The molecule has 0 saturated carbocycles. The van der Waals surface area contributed by atoms with E-state index in [9.17, 15) is 0 Å². The lowest BCUT2D eigenvalue weighted by Gasteiger charge is -2.06. The molecule has 0 fully saturated rings. The maximum absolute atomic E-state index is 9.01. The Labute approximate surface area is 120 Å². The summed E-state index contributed by atoms with van der Waals surface area (Å²) in [5, 5.41) is 18.3. The van der Waals surface area contributed by atoms with Gasteiger partial charge in [0.2, 0.25) is 0 Å². The molecule has 0 spiro atoms. The van der Waals surface area contributed by atoms with Gasteiger partial charge < -0.3 is 14.4 Å². The molecule has 7 heteroatoms. The first-order chi connectivity index (χ1) is 9.20. The highest BCUT2D eigenvalue weighted by Crippen LogP contribution is 2.18. The molecular formula is C12H14ClN3O2S. The van der Waals surface area contributed by atoms with Gasteiger partial charge in [0.25, 0.3) is 0 Å². The summed E-state index contributed by atoms with van der Waals surface area (Å²) in [6.07, 6.45) is 0. The average Bonchev–Trinajstić information content (AvgIpc) is 2.77. The number of halogens is 1. The fourth-order valence-corrected chi connectivity index (χ4v) is 2.30. The molecule has 1 heterocycles. The van der Waals surface area contributed by atoms with Gasteiger partial charge >= 0.3 is 0 Å². The summed E-state index contributed by atoms with van der Waals surface area (Å²) in [5.74, 6) is 2.10. The molecule has 0 amide bonds. The van der Waals surface area contributed by atoms with Gasteiger partial charge in [-0.25, -0.2) is 0 Å². The Morgan fingerprint density at radius 1 is 1.32 bits per heavy atom. The lowest BCUT2D eigenvalue weighted by atomic mass is 10.3. The van der Waals surface area contributed by atoms with Crippen LogP contribution in [0.3, 0.4) is 0 Å². The molecule has 0 atom stereocenters. The zero-order chi connectivity index (χ0) is 13.7. The molecule has 0 saturated heterocycles. The van der Waals surface area contributed by atoms with Gasteiger partial charge in [-0.1, -0.05) is 23.4 Å². The minimum atomic E-state index is -0.106. The maximum atomic E-state index is 9.01. The predicted molar refractivity (Wildman–Crippen MR) is 74.6 cm³/mol. The fourth-order valence-electron chi connectivity index (χ4n) is 1.43. The second-order valence-electron chi connectivity index (χ2n) is 3.77. The largest absolute Gasteiger partial charge is 0.493 e. The van der Waals surface area contributed by atoms with E-state index in [1.54, 1.807) is 16.7 Å². The number of rotatable bonds is 6. The molecule has 0 aliphatic heterocycles. The highest BCUT2D eigenvalue weighted by Gasteiger charge is 2.07. The van der Waals surface area contributed by atoms with Crippen molar-refractivity contribution in [2.75, 3.05) is 12.4 Å². The summed E-state index contributed by atoms with van der Waals surface area (Å²) in [4.78, 5) is 0. The van der Waals surface area contributed by atoms with Gasteiger partial charge in [-0.05, 0) is 24.3 Å². The SMILES string of the molecule is Cn1c(CO)nnc1SCCOc1ccc(Cl)cc1. The average molecular weight is 300 g/mol. The van der Waals surface area contributed by atoms with Crippen molar-refractivity contribution in [1.29, 1.82) is 0 Å². The van der Waals surface area contributed by atoms with Crippen LogP contribution in [0, 0.1) is 0 Å². The van der Waals surface area contributed by atoms with Crippen LogP contribution in [0.2, 0.25) is 5.02 Å². The third kappa shape index (κ3) is 3.86. The summed E-state index contributed by atoms with van der Waals surface area (Å²) in [5.41, 5.74) is 0. The first-order valence-electron chi connectivity index (χ1n) is 5.71. The van der Waals surface area contributed by atoms with Crippen molar-refractivity contribution in [1.82, 2.24) is 14.8 Å². The Morgan fingerprint density at radius 2 is 2.05 bits per heavy atom. The lowest BCUT2D eigenvalue weighted by Crippen LogP contribution is -2.02. The molecule has 1 aromatic carbocycles. The molecule has 0 bridgehead atoms. The first kappa shape index (κ1) is 14.2. The maximum Gasteiger partial charge on any atom is 0.191 e. The van der Waals surface area contributed by atoms with Crippen LogP contribution in [0.4, 0.5) is 0 Å². The number of hydrogen-bond acceptors (Lipinski definition) is 5. The highest BCUT2D eigenvalue weighted by molar-refractivity contribution is 7.99. The van der Waals surface area contributed by atoms with E-state index in [0.717, 1.165) is 16.7 Å². The Bertz CT molecular complexity index is 530. The van der Waals surface area contributed by atoms with Crippen LogP contribution in [0.15, 0.2) is 29.4 Å². The van der Waals surface area contributed by atoms with Gasteiger partial charge in [0.05, 0.1) is 6.61 Å². The molecule has 1 N–H and O–H groups in total. The topological polar surface area (TPSA) is 60.2 Å². The van der Waals surface area contributed by atoms with E-state index in [1.807, 2.05) is 19.2 Å². The summed E-state index contributed by atoms with van der Waals surface area (Å²) in [6.45, 7) is 0.457. The summed E-state index contributed by atoms with van der Waals surface area (Å²) < 4.78 is 7.34. The second kappa shape index (κ2) is 6.79. The Kier molecular flexibility index (Phi) is 5.07. The smallest absolute Gasteiger partial charge is 0.191 e. The summed E-state index contributed by atoms with van der Waals surface area (Å²) in [6, 6.07) is 7.25. The standard InChI is InChI=1S/C12H14ClN3O2S/c1-16-11(8-17)14-15-12(16)19-7-6-18-10-4-2-9(13)3-5-10/h2-5,17H,6-8H2,1H3. The van der Waals surface area contributed by atoms with Crippen molar-refractivity contribution < 1.29 is 9.84 Å². The van der Waals surface area contributed by atoms with Crippen LogP contribution in [0.1, 0.15) is 5.82 Å². The van der Waals surface area contributed by atoms with Crippen LogP contribution >= 0.6 is 23.4 Å². The molecule has 102 valence electrons. The quantitative estimate of drug-likeness (QED) is 0.654. The molecule has 2 aromatic rings. The normalized spacial score (nSPS) is 10.7. The predicted octanol–water partition coefficient (Wildman–Crippen LogP) is 2.13. The van der Waals surface area contributed by atoms with Gasteiger partial charge in [-0.2, -0.15) is 0 Å². The van der Waals surface area contributed by atoms with Crippen LogP contribution in [0.5, 0.6) is 5.75 Å². The van der Waals surface area contributed by atoms with Crippen molar-refractivity contribution in [3.63, 3.8) is 0 Å². The number of hydrogen-bond donors (Lipinski definition) is 1. The minimum Gasteiger partial charge on any atom is -0.493 e. The molecule has 5 nitrogen and oxygen atoms in total. The van der Waals surface area contributed by atoms with E-state index >= 15 is 0 Å². The van der Waals surface area contributed by atoms with Crippen molar-refractivity contribution in [2.24, 2.45) is 7.05 Å². The zero-order valence-corrected chi connectivity index (χ0v) is 12.0. The molecular weight excluding hydrogens is 286 g/mol. The van der Waals surface area contributed by atoms with Crippen molar-refractivity contribution in [2.45, 2.75) is 11.8 Å². The Morgan fingerprint density at radius 3 is 2.68 bits per heavy atom. The second-order valence-corrected chi connectivity index (χ2v) is 5.27. The monoisotopic (exact) mass is 299 g/mol. The molecule has 2 rings (SSSR count). The van der Waals surface area contributed by atoms with Gasteiger partial charge in [-0.15, -0.1) is 10.2 Å². The summed E-state index contributed by atoms with van der Waals surface area (Å²) in [7, 11) is 1.83. The first-order valence-corrected chi connectivity index (χ1v) is 7.07. The minimum absolute atomic E-state index is 0.106. The Balaban J connectivity index is 1.77. The van der Waals surface area contributed by atoms with Crippen LogP contribution < -0.4 is 4.74 Å². The molecule has 0 aliphatic rings. The van der Waals surface area contributed by atoms with Crippen LogP contribution in [-0.2, 0) is 13.7 Å². The molecule has 0 aliphatic carbocycles. The molecule has 0 unspecified atom stereocenters. The van der Waals surface area contributed by atoms with E-state index < -0.39 is 0 Å². The van der Waals surface area contributed by atoms with Gasteiger partial charge in [0.15, 0.2) is 11.0 Å². The van der Waals surface area contributed by atoms with Gasteiger partial charge in [-0.3, -0.25) is 0 Å². The van der Waals surface area contributed by atoms with Crippen LogP contribution in [0.25, 0.3) is 0 Å². The van der Waals surface area contributed by atoms with Gasteiger partial charge in [0, 0.05) is 17.8 Å². The number of aromatic nitrogens is 3. The number of aliphatic hydroxyl groups excluding tert-OH is 1. The number of aliphatic hydroxyl groups is 1. The van der Waals surface area contributed by atoms with E-state index in [2.05, 4.69) is 10.2 Å². The van der Waals surface area contributed by atoms with Crippen molar-refractivity contribution >= 4 is 23.4 Å². The molecule has 0 radical (unpaired) electrons. The van der Waals surface area contributed by atoms with Crippen LogP contribution in [-0.4, -0.2) is 32.2 Å². The third-order valence-electron chi connectivity index (χ3n) is 2.46. The van der Waals surface area contributed by atoms with Gasteiger partial charge in [0.1, 0.15) is 12.4 Å². The highest BCUT2D eigenvalue weighted by atomic mass is 35.5. The zero-order valence-electron chi connectivity index (χ0n) is 10.4. The Hall–Kier alpha value is -1.24. The van der Waals surface area contributed by atoms with E-state index in [-0.39, 0.29) is 6.61 Å². The fraction of sp³-hybridized carbons (Fsp3) is 0.333. The van der Waals surface area contributed by atoms with E-state index in [4.69, 9.17) is 21.4 Å². The van der Waals surface area contributed by atoms with Crippen molar-refractivity contribution in [3.8, 4) is 5.75 Å². The lowest BCUT2D eigenvalue weighted by molar-refractivity contribution is 0.266. The number of benzene rings is 1. The molecule has 1 aromatic heterocycles. The van der Waals surface area contributed by atoms with Crippen molar-refractivity contribution in [3.05, 3.63) is 35.1 Å². The van der Waals surface area contributed by atoms with E-state index in [0.29, 0.717) is 17.5 Å². The summed E-state index contributed by atoms with van der Waals surface area (Å²) >= 11 is 7.32.